The monoisotopic (exact) mass is 411 g/mol. The number of benzene rings is 2. The molecule has 7 heteroatoms. The number of amides is 1. The van der Waals surface area contributed by atoms with Crippen molar-refractivity contribution in [3.8, 4) is 0 Å². The number of hydrogen-bond donors (Lipinski definition) is 3. The topological polar surface area (TPSA) is 83.4 Å². The molecule has 1 fully saturated rings. The van der Waals surface area contributed by atoms with Gasteiger partial charge < -0.3 is 20.3 Å². The van der Waals surface area contributed by atoms with E-state index in [1.807, 2.05) is 25.1 Å². The highest BCUT2D eigenvalue weighted by Crippen LogP contribution is 2.25. The molecule has 6 nitrogen and oxygen atoms in total. The molecular formula is C22H22ClN3O3. The number of rotatable bonds is 4. The number of nitrogens with one attached hydrogen (secondary N) is 2. The number of aromatic nitrogens is 1. The lowest BCUT2D eigenvalue weighted by Gasteiger charge is -2.18. The van der Waals surface area contributed by atoms with Crippen LogP contribution in [0.3, 0.4) is 0 Å². The van der Waals surface area contributed by atoms with Crippen molar-refractivity contribution < 1.29 is 9.90 Å². The highest BCUT2D eigenvalue weighted by Gasteiger charge is 2.27. The number of fused-ring (bicyclic) bond motifs is 1. The number of aliphatic hydroxyl groups is 1. The van der Waals surface area contributed by atoms with Crippen molar-refractivity contribution in [1.82, 2.24) is 9.88 Å². The Morgan fingerprint density at radius 1 is 1.17 bits per heavy atom. The lowest BCUT2D eigenvalue weighted by molar-refractivity contribution is -0.117. The van der Waals surface area contributed by atoms with Crippen LogP contribution >= 0.6 is 11.6 Å². The Morgan fingerprint density at radius 2 is 1.93 bits per heavy atom. The molecule has 4 rings (SSSR count). The SMILES string of the molecule is C[C@H](C(=O)Nc1cccc2c(=O)n(C3CNCC3O)ccc12)c1ccc(Cl)cc1. The first-order chi connectivity index (χ1) is 14.0. The Kier molecular flexibility index (Phi) is 5.41. The van der Waals surface area contributed by atoms with Gasteiger partial charge in [-0.05, 0) is 42.8 Å². The van der Waals surface area contributed by atoms with E-state index in [1.165, 1.54) is 0 Å². The normalized spacial score (nSPS) is 20.0. The molecule has 1 aliphatic rings. The molecule has 0 radical (unpaired) electrons. The van der Waals surface area contributed by atoms with Crippen LogP contribution in [0.15, 0.2) is 59.5 Å². The van der Waals surface area contributed by atoms with Crippen LogP contribution in [0.1, 0.15) is 24.4 Å². The van der Waals surface area contributed by atoms with Crippen LogP contribution in [0.5, 0.6) is 0 Å². The van der Waals surface area contributed by atoms with Gasteiger partial charge in [-0.2, -0.15) is 0 Å². The molecule has 3 N–H and O–H groups in total. The van der Waals surface area contributed by atoms with Crippen molar-refractivity contribution in [2.24, 2.45) is 0 Å². The van der Waals surface area contributed by atoms with Crippen molar-refractivity contribution in [2.75, 3.05) is 18.4 Å². The number of halogens is 1. The molecule has 1 aromatic heterocycles. The first kappa shape index (κ1) is 19.6. The number of anilines is 1. The summed E-state index contributed by atoms with van der Waals surface area (Å²) in [5.41, 5.74) is 1.26. The second kappa shape index (κ2) is 7.99. The first-order valence-corrected chi connectivity index (χ1v) is 9.92. The molecular weight excluding hydrogens is 390 g/mol. The largest absolute Gasteiger partial charge is 0.390 e. The van der Waals surface area contributed by atoms with E-state index in [0.29, 0.717) is 34.6 Å². The van der Waals surface area contributed by atoms with E-state index in [2.05, 4.69) is 10.6 Å². The van der Waals surface area contributed by atoms with Crippen LogP contribution in [0.25, 0.3) is 10.8 Å². The van der Waals surface area contributed by atoms with Crippen LogP contribution in [0, 0.1) is 0 Å². The Hall–Kier alpha value is -2.67. The molecule has 2 heterocycles. The Bertz CT molecular complexity index is 1110. The predicted molar refractivity (Wildman–Crippen MR) is 115 cm³/mol. The fourth-order valence-electron chi connectivity index (χ4n) is 3.74. The van der Waals surface area contributed by atoms with Gasteiger partial charge in [-0.15, -0.1) is 0 Å². The highest BCUT2D eigenvalue weighted by atomic mass is 35.5. The molecule has 3 atom stereocenters. The third-order valence-corrected chi connectivity index (χ3v) is 5.75. The number of carbonyl (C=O) groups excluding carboxylic acids is 1. The van der Waals surface area contributed by atoms with E-state index in [4.69, 9.17) is 11.6 Å². The van der Waals surface area contributed by atoms with Gasteiger partial charge in [0, 0.05) is 40.8 Å². The molecule has 3 aromatic rings. The fraction of sp³-hybridized carbons (Fsp3) is 0.273. The van der Waals surface area contributed by atoms with Gasteiger partial charge in [-0.3, -0.25) is 9.59 Å². The smallest absolute Gasteiger partial charge is 0.258 e. The Morgan fingerprint density at radius 3 is 2.62 bits per heavy atom. The number of aliphatic hydroxyl groups excluding tert-OH is 1. The van der Waals surface area contributed by atoms with Crippen molar-refractivity contribution >= 4 is 34.0 Å². The third-order valence-electron chi connectivity index (χ3n) is 5.50. The minimum atomic E-state index is -0.603. The van der Waals surface area contributed by atoms with E-state index in [1.54, 1.807) is 41.1 Å². The summed E-state index contributed by atoms with van der Waals surface area (Å²) >= 11 is 5.92. The summed E-state index contributed by atoms with van der Waals surface area (Å²) < 4.78 is 1.56. The summed E-state index contributed by atoms with van der Waals surface area (Å²) in [6.45, 7) is 2.83. The molecule has 0 saturated carbocycles. The Balaban J connectivity index is 1.64. The maximum absolute atomic E-state index is 13.0. The molecule has 2 unspecified atom stereocenters. The van der Waals surface area contributed by atoms with Crippen molar-refractivity contribution in [3.05, 3.63) is 75.7 Å². The Labute approximate surface area is 173 Å². The van der Waals surface area contributed by atoms with Gasteiger partial charge in [0.25, 0.3) is 5.56 Å². The summed E-state index contributed by atoms with van der Waals surface area (Å²) in [5.74, 6) is -0.540. The average molecular weight is 412 g/mol. The van der Waals surface area contributed by atoms with E-state index in [9.17, 15) is 14.7 Å². The van der Waals surface area contributed by atoms with E-state index < -0.39 is 6.10 Å². The van der Waals surface area contributed by atoms with E-state index in [-0.39, 0.29) is 23.4 Å². The van der Waals surface area contributed by atoms with Gasteiger partial charge in [0.15, 0.2) is 0 Å². The number of carbonyl (C=O) groups is 1. The molecule has 0 spiro atoms. The second-order valence-corrected chi connectivity index (χ2v) is 7.79. The maximum atomic E-state index is 13.0. The van der Waals surface area contributed by atoms with Gasteiger partial charge >= 0.3 is 0 Å². The van der Waals surface area contributed by atoms with Gasteiger partial charge in [0.2, 0.25) is 5.91 Å². The summed E-state index contributed by atoms with van der Waals surface area (Å²) in [6, 6.07) is 14.0. The standard InChI is InChI=1S/C22H22ClN3O3/c1-13(14-5-7-15(23)8-6-14)21(28)25-18-4-2-3-17-16(18)9-10-26(22(17)29)19-11-24-12-20(19)27/h2-10,13,19-20,24,27H,11-12H2,1H3,(H,25,28)/t13-,19?,20?/m0/s1. The van der Waals surface area contributed by atoms with Crippen LogP contribution in [-0.2, 0) is 4.79 Å². The molecule has 0 aliphatic carbocycles. The third kappa shape index (κ3) is 3.79. The number of β-amino-alcohol motifs (C(OH)–C–C–N with tert-alkyl or cyclic N) is 1. The summed E-state index contributed by atoms with van der Waals surface area (Å²) in [5, 5.41) is 17.9. The van der Waals surface area contributed by atoms with Crippen LogP contribution < -0.4 is 16.2 Å². The summed E-state index contributed by atoms with van der Waals surface area (Å²) in [7, 11) is 0. The van der Waals surface area contributed by atoms with E-state index >= 15 is 0 Å². The van der Waals surface area contributed by atoms with E-state index in [0.717, 1.165) is 5.56 Å². The fourth-order valence-corrected chi connectivity index (χ4v) is 3.87. The molecule has 29 heavy (non-hydrogen) atoms. The molecule has 150 valence electrons. The number of nitrogens with zero attached hydrogens (tertiary/aromatic N) is 1. The molecule has 1 saturated heterocycles. The zero-order valence-corrected chi connectivity index (χ0v) is 16.7. The summed E-state index contributed by atoms with van der Waals surface area (Å²) in [6.07, 6.45) is 1.08. The zero-order chi connectivity index (χ0) is 20.5. The lowest BCUT2D eigenvalue weighted by atomic mass is 10.00. The van der Waals surface area contributed by atoms with Crippen molar-refractivity contribution in [3.63, 3.8) is 0 Å². The molecule has 1 aliphatic heterocycles. The van der Waals surface area contributed by atoms with Crippen LogP contribution in [0.2, 0.25) is 5.02 Å². The van der Waals surface area contributed by atoms with Gasteiger partial charge in [0.05, 0.1) is 18.1 Å². The van der Waals surface area contributed by atoms with Crippen molar-refractivity contribution in [1.29, 1.82) is 0 Å². The quantitative estimate of drug-likeness (QED) is 0.616. The zero-order valence-electron chi connectivity index (χ0n) is 15.9. The van der Waals surface area contributed by atoms with Gasteiger partial charge in [-0.1, -0.05) is 29.8 Å². The average Bonchev–Trinajstić information content (AvgIpc) is 3.14. The maximum Gasteiger partial charge on any atom is 0.258 e. The molecule has 2 aromatic carbocycles. The summed E-state index contributed by atoms with van der Waals surface area (Å²) in [4.78, 5) is 25.8. The van der Waals surface area contributed by atoms with Crippen LogP contribution in [0.4, 0.5) is 5.69 Å². The second-order valence-electron chi connectivity index (χ2n) is 7.35. The number of pyridine rings is 1. The lowest BCUT2D eigenvalue weighted by Crippen LogP contribution is -2.31. The minimum absolute atomic E-state index is 0.167. The van der Waals surface area contributed by atoms with Crippen LogP contribution in [-0.4, -0.2) is 34.8 Å². The minimum Gasteiger partial charge on any atom is -0.390 e. The first-order valence-electron chi connectivity index (χ1n) is 9.54. The molecule has 1 amide bonds. The molecule has 0 bridgehead atoms. The highest BCUT2D eigenvalue weighted by molar-refractivity contribution is 6.30. The van der Waals surface area contributed by atoms with Gasteiger partial charge in [-0.25, -0.2) is 0 Å². The van der Waals surface area contributed by atoms with Crippen molar-refractivity contribution in [2.45, 2.75) is 25.0 Å². The number of hydrogen-bond acceptors (Lipinski definition) is 4. The van der Waals surface area contributed by atoms with Gasteiger partial charge in [0.1, 0.15) is 0 Å². The predicted octanol–water partition coefficient (Wildman–Crippen LogP) is 2.90.